The van der Waals surface area contributed by atoms with E-state index in [4.69, 9.17) is 0 Å². The van der Waals surface area contributed by atoms with E-state index in [1.54, 1.807) is 0 Å². The molecule has 0 aromatic heterocycles. The monoisotopic (exact) mass is 356 g/mol. The Kier molecular flexibility index (Phi) is 5.38. The van der Waals surface area contributed by atoms with Crippen molar-refractivity contribution in [3.63, 3.8) is 0 Å². The fourth-order valence-electron chi connectivity index (χ4n) is 4.50. The largest absolute Gasteiger partial charge is 0.317 e. The molecule has 0 saturated heterocycles. The topological polar surface area (TPSA) is 24.1 Å². The molecule has 0 bridgehead atoms. The second-order valence-electron chi connectivity index (χ2n) is 7.49. The molecule has 1 fully saturated rings. The number of benzene rings is 3. The Morgan fingerprint density at radius 3 is 1.41 bits per heavy atom. The minimum Gasteiger partial charge on any atom is -0.317 e. The molecule has 3 aromatic rings. The molecule has 138 valence electrons. The van der Waals surface area contributed by atoms with Crippen molar-refractivity contribution in [2.24, 2.45) is 0 Å². The lowest BCUT2D eigenvalue weighted by atomic mass is 9.76. The molecule has 2 atom stereocenters. The average molecular weight is 357 g/mol. The van der Waals surface area contributed by atoms with E-state index in [1.807, 2.05) is 0 Å². The van der Waals surface area contributed by atoms with Gasteiger partial charge in [-0.1, -0.05) is 91.0 Å². The summed E-state index contributed by atoms with van der Waals surface area (Å²) in [6.07, 6.45) is 3.58. The maximum Gasteiger partial charge on any atom is 0.0950 e. The lowest BCUT2D eigenvalue weighted by molar-refractivity contribution is 0.387. The molecular weight excluding hydrogens is 328 g/mol. The smallest absolute Gasteiger partial charge is 0.0950 e. The summed E-state index contributed by atoms with van der Waals surface area (Å²) >= 11 is 0. The van der Waals surface area contributed by atoms with E-state index in [9.17, 15) is 0 Å². The first-order valence-electron chi connectivity index (χ1n) is 9.94. The summed E-state index contributed by atoms with van der Waals surface area (Å²) in [4.78, 5) is 0. The van der Waals surface area contributed by atoms with Crippen LogP contribution in [0.4, 0.5) is 0 Å². The van der Waals surface area contributed by atoms with Gasteiger partial charge in [0.05, 0.1) is 5.54 Å². The first-order valence-corrected chi connectivity index (χ1v) is 9.94. The molecule has 0 radical (unpaired) electrons. The summed E-state index contributed by atoms with van der Waals surface area (Å²) < 4.78 is 0. The van der Waals surface area contributed by atoms with Gasteiger partial charge in [-0.2, -0.15) is 0 Å². The molecule has 0 heterocycles. The molecule has 0 spiro atoms. The van der Waals surface area contributed by atoms with Gasteiger partial charge in [-0.05, 0) is 43.0 Å². The Bertz CT molecular complexity index is 733. The predicted molar refractivity (Wildman–Crippen MR) is 113 cm³/mol. The van der Waals surface area contributed by atoms with Crippen LogP contribution in [0, 0.1) is 0 Å². The van der Waals surface area contributed by atoms with Crippen LogP contribution >= 0.6 is 0 Å². The normalized spacial score (nSPS) is 19.9. The van der Waals surface area contributed by atoms with Crippen molar-refractivity contribution in [3.8, 4) is 0 Å². The van der Waals surface area contributed by atoms with Crippen LogP contribution in [0.15, 0.2) is 91.0 Å². The van der Waals surface area contributed by atoms with E-state index in [0.717, 1.165) is 6.42 Å². The van der Waals surface area contributed by atoms with E-state index >= 15 is 0 Å². The van der Waals surface area contributed by atoms with Crippen LogP contribution in [0.25, 0.3) is 0 Å². The van der Waals surface area contributed by atoms with E-state index < -0.39 is 0 Å². The molecule has 0 aliphatic heterocycles. The molecule has 2 N–H and O–H groups in total. The molecule has 3 aromatic carbocycles. The first-order chi connectivity index (χ1) is 13.3. The average Bonchev–Trinajstić information content (AvgIpc) is 3.21. The van der Waals surface area contributed by atoms with Gasteiger partial charge in [-0.15, -0.1) is 0 Å². The molecule has 27 heavy (non-hydrogen) atoms. The number of rotatable bonds is 6. The SMILES string of the molecule is CNC1CCC(NC(c2ccccc2)(c2ccccc2)c2ccccc2)C1. The van der Waals surface area contributed by atoms with Crippen LogP contribution in [-0.4, -0.2) is 19.1 Å². The van der Waals surface area contributed by atoms with Crippen molar-refractivity contribution in [3.05, 3.63) is 108 Å². The summed E-state index contributed by atoms with van der Waals surface area (Å²) in [6, 6.07) is 33.7. The molecule has 1 saturated carbocycles. The van der Waals surface area contributed by atoms with Gasteiger partial charge in [0.1, 0.15) is 0 Å². The van der Waals surface area contributed by atoms with Crippen LogP contribution in [0.5, 0.6) is 0 Å². The van der Waals surface area contributed by atoms with Crippen molar-refractivity contribution in [2.75, 3.05) is 7.05 Å². The standard InChI is InChI=1S/C25H28N2/c1-26-23-17-18-24(19-23)27-25(20-11-5-2-6-12-20,21-13-7-3-8-14-21)22-15-9-4-10-16-22/h2-16,23-24,26-27H,17-19H2,1H3. The molecule has 4 rings (SSSR count). The molecular formula is C25H28N2. The minimum atomic E-state index is -0.350. The van der Waals surface area contributed by atoms with Gasteiger partial charge >= 0.3 is 0 Å². The zero-order chi connectivity index (χ0) is 18.5. The zero-order valence-corrected chi connectivity index (χ0v) is 15.9. The number of nitrogens with one attached hydrogen (secondary N) is 2. The van der Waals surface area contributed by atoms with Gasteiger partial charge in [0.2, 0.25) is 0 Å². The van der Waals surface area contributed by atoms with E-state index in [-0.39, 0.29) is 5.54 Å². The van der Waals surface area contributed by atoms with Gasteiger partial charge in [0.25, 0.3) is 0 Å². The second kappa shape index (κ2) is 8.08. The van der Waals surface area contributed by atoms with Crippen LogP contribution in [0.1, 0.15) is 36.0 Å². The van der Waals surface area contributed by atoms with Crippen molar-refractivity contribution in [1.29, 1.82) is 0 Å². The maximum atomic E-state index is 4.10. The van der Waals surface area contributed by atoms with Gasteiger partial charge in [-0.3, -0.25) is 5.32 Å². The van der Waals surface area contributed by atoms with Gasteiger partial charge < -0.3 is 5.32 Å². The van der Waals surface area contributed by atoms with Crippen molar-refractivity contribution in [1.82, 2.24) is 10.6 Å². The number of hydrogen-bond donors (Lipinski definition) is 2. The van der Waals surface area contributed by atoms with E-state index in [0.29, 0.717) is 12.1 Å². The number of hydrogen-bond acceptors (Lipinski definition) is 2. The van der Waals surface area contributed by atoms with Gasteiger partial charge in [0.15, 0.2) is 0 Å². The molecule has 2 nitrogen and oxygen atoms in total. The molecule has 1 aliphatic rings. The van der Waals surface area contributed by atoms with Crippen LogP contribution in [0.3, 0.4) is 0 Å². The van der Waals surface area contributed by atoms with E-state index in [1.165, 1.54) is 29.5 Å². The third-order valence-corrected chi connectivity index (χ3v) is 5.88. The van der Waals surface area contributed by atoms with Crippen molar-refractivity contribution < 1.29 is 0 Å². The molecule has 1 aliphatic carbocycles. The lowest BCUT2D eigenvalue weighted by Crippen LogP contribution is -2.49. The van der Waals surface area contributed by atoms with Crippen LogP contribution in [0.2, 0.25) is 0 Å². The fraction of sp³-hybridized carbons (Fsp3) is 0.280. The molecule has 0 amide bonds. The Labute approximate surface area is 162 Å². The molecule has 2 heteroatoms. The summed E-state index contributed by atoms with van der Waals surface area (Å²) in [5.41, 5.74) is 3.51. The summed E-state index contributed by atoms with van der Waals surface area (Å²) in [6.45, 7) is 0. The van der Waals surface area contributed by atoms with Crippen molar-refractivity contribution >= 4 is 0 Å². The summed E-state index contributed by atoms with van der Waals surface area (Å²) in [5, 5.41) is 7.56. The van der Waals surface area contributed by atoms with Gasteiger partial charge in [0, 0.05) is 12.1 Å². The second-order valence-corrected chi connectivity index (χ2v) is 7.49. The highest BCUT2D eigenvalue weighted by Gasteiger charge is 2.39. The predicted octanol–water partition coefficient (Wildman–Crippen LogP) is 4.71. The Morgan fingerprint density at radius 2 is 1.04 bits per heavy atom. The van der Waals surface area contributed by atoms with Crippen LogP contribution < -0.4 is 10.6 Å². The van der Waals surface area contributed by atoms with Gasteiger partial charge in [-0.25, -0.2) is 0 Å². The lowest BCUT2D eigenvalue weighted by Gasteiger charge is -2.39. The Morgan fingerprint density at radius 1 is 0.630 bits per heavy atom. The third kappa shape index (κ3) is 3.55. The summed E-state index contributed by atoms with van der Waals surface area (Å²) in [5.74, 6) is 0. The first kappa shape index (κ1) is 18.0. The quantitative estimate of drug-likeness (QED) is 0.625. The Hall–Kier alpha value is -2.42. The highest BCUT2D eigenvalue weighted by Crippen LogP contribution is 2.38. The highest BCUT2D eigenvalue weighted by molar-refractivity contribution is 5.49. The maximum absolute atomic E-state index is 4.10. The van der Waals surface area contributed by atoms with Crippen LogP contribution in [-0.2, 0) is 5.54 Å². The summed E-state index contributed by atoms with van der Waals surface area (Å²) in [7, 11) is 2.08. The third-order valence-electron chi connectivity index (χ3n) is 5.88. The highest BCUT2D eigenvalue weighted by atomic mass is 15.0. The Balaban J connectivity index is 1.87. The van der Waals surface area contributed by atoms with Crippen molar-refractivity contribution in [2.45, 2.75) is 36.9 Å². The van der Waals surface area contributed by atoms with E-state index in [2.05, 4.69) is 109 Å². The minimum absolute atomic E-state index is 0.350. The zero-order valence-electron chi connectivity index (χ0n) is 15.9. The fourth-order valence-corrected chi connectivity index (χ4v) is 4.50. The molecule has 2 unspecified atom stereocenters.